The monoisotopic (exact) mass is 353 g/mol. The number of hydrogen-bond donors (Lipinski definition) is 0. The molecule has 0 radical (unpaired) electrons. The lowest BCUT2D eigenvalue weighted by Gasteiger charge is -2.33. The Labute approximate surface area is 144 Å². The molecule has 8 heteroatoms. The summed E-state index contributed by atoms with van der Waals surface area (Å²) in [5.41, 5.74) is 0. The molecule has 1 saturated carbocycles. The maximum atomic E-state index is 12.2. The first-order valence-corrected chi connectivity index (χ1v) is 10.1. The van der Waals surface area contributed by atoms with Crippen molar-refractivity contribution in [2.75, 3.05) is 50.6 Å². The molecular weight excluding hydrogens is 326 g/mol. The number of aromatic nitrogens is 2. The van der Waals surface area contributed by atoms with Crippen molar-refractivity contribution in [3.8, 4) is 0 Å². The number of rotatable bonds is 6. The number of piperidine rings is 1. The Morgan fingerprint density at radius 3 is 2.42 bits per heavy atom. The molecule has 2 heterocycles. The Bertz CT molecular complexity index is 667. The van der Waals surface area contributed by atoms with Crippen LogP contribution in [0.3, 0.4) is 0 Å². The molecule has 1 aromatic rings. The van der Waals surface area contributed by atoms with Gasteiger partial charge in [0.15, 0.2) is 0 Å². The van der Waals surface area contributed by atoms with E-state index in [9.17, 15) is 8.42 Å². The third kappa shape index (κ3) is 3.80. The lowest BCUT2D eigenvalue weighted by Crippen LogP contribution is -2.40. The molecule has 0 amide bonds. The predicted molar refractivity (Wildman–Crippen MR) is 95.9 cm³/mol. The van der Waals surface area contributed by atoms with Crippen molar-refractivity contribution in [2.45, 2.75) is 30.9 Å². The smallest absolute Gasteiger partial charge is 0.227 e. The fourth-order valence-electron chi connectivity index (χ4n) is 3.14. The van der Waals surface area contributed by atoms with Crippen LogP contribution in [0.1, 0.15) is 25.7 Å². The van der Waals surface area contributed by atoms with Gasteiger partial charge in [0.1, 0.15) is 5.82 Å². The van der Waals surface area contributed by atoms with Crippen molar-refractivity contribution >= 4 is 21.8 Å². The minimum Gasteiger partial charge on any atom is -0.363 e. The van der Waals surface area contributed by atoms with E-state index in [0.717, 1.165) is 50.5 Å². The Morgan fingerprint density at radius 1 is 1.17 bits per heavy atom. The molecule has 7 nitrogen and oxygen atoms in total. The van der Waals surface area contributed by atoms with Crippen LogP contribution in [0.4, 0.5) is 11.8 Å². The first-order valence-electron chi connectivity index (χ1n) is 8.58. The van der Waals surface area contributed by atoms with Gasteiger partial charge in [-0.3, -0.25) is 0 Å². The lowest BCUT2D eigenvalue weighted by molar-refractivity contribution is 0.326. The van der Waals surface area contributed by atoms with Crippen LogP contribution < -0.4 is 9.80 Å². The average Bonchev–Trinajstić information content (AvgIpc) is 3.41. The van der Waals surface area contributed by atoms with Gasteiger partial charge in [0, 0.05) is 47.0 Å². The summed E-state index contributed by atoms with van der Waals surface area (Å²) in [6.45, 7) is 2.38. The molecule has 0 unspecified atom stereocenters. The molecule has 2 fully saturated rings. The maximum Gasteiger partial charge on any atom is 0.227 e. The van der Waals surface area contributed by atoms with Crippen LogP contribution in [0.5, 0.6) is 0 Å². The van der Waals surface area contributed by atoms with Crippen molar-refractivity contribution in [1.82, 2.24) is 14.3 Å². The zero-order chi connectivity index (χ0) is 17.3. The van der Waals surface area contributed by atoms with E-state index in [1.165, 1.54) is 0 Å². The molecule has 1 saturated heterocycles. The van der Waals surface area contributed by atoms with Gasteiger partial charge in [0.2, 0.25) is 16.0 Å². The Balaban J connectivity index is 1.55. The molecule has 0 N–H and O–H groups in total. The summed E-state index contributed by atoms with van der Waals surface area (Å²) in [6, 6.07) is 1.90. The van der Waals surface area contributed by atoms with Gasteiger partial charge in [0.25, 0.3) is 0 Å². The molecule has 0 spiro atoms. The molecule has 3 rings (SSSR count). The molecule has 24 heavy (non-hydrogen) atoms. The summed E-state index contributed by atoms with van der Waals surface area (Å²) in [4.78, 5) is 13.1. The molecular formula is C16H27N5O2S. The van der Waals surface area contributed by atoms with Crippen LogP contribution >= 0.6 is 0 Å². The quantitative estimate of drug-likeness (QED) is 0.765. The third-order valence-electron chi connectivity index (χ3n) is 4.88. The average molecular weight is 353 g/mol. The van der Waals surface area contributed by atoms with Crippen molar-refractivity contribution < 1.29 is 8.42 Å². The summed E-state index contributed by atoms with van der Waals surface area (Å²) in [7, 11) is 2.60. The first-order chi connectivity index (χ1) is 11.4. The van der Waals surface area contributed by atoms with Gasteiger partial charge in [-0.2, -0.15) is 4.98 Å². The second kappa shape index (κ2) is 6.84. The van der Waals surface area contributed by atoms with Gasteiger partial charge in [0.05, 0.1) is 5.25 Å². The molecule has 1 aliphatic heterocycles. The fraction of sp³-hybridized carbons (Fsp3) is 0.750. The van der Waals surface area contributed by atoms with Crippen LogP contribution in [0.2, 0.25) is 0 Å². The van der Waals surface area contributed by atoms with Crippen molar-refractivity contribution in [3.63, 3.8) is 0 Å². The normalized spacial score (nSPS) is 19.8. The Morgan fingerprint density at radius 2 is 1.83 bits per heavy atom. The minimum absolute atomic E-state index is 0.121. The summed E-state index contributed by atoms with van der Waals surface area (Å²) in [5, 5.41) is -0.121. The highest BCUT2D eigenvalue weighted by Crippen LogP contribution is 2.31. The van der Waals surface area contributed by atoms with Crippen molar-refractivity contribution in [3.05, 3.63) is 12.3 Å². The second-order valence-corrected chi connectivity index (χ2v) is 9.38. The highest BCUT2D eigenvalue weighted by Gasteiger charge is 2.39. The van der Waals surface area contributed by atoms with E-state index in [1.54, 1.807) is 17.5 Å². The largest absolute Gasteiger partial charge is 0.363 e. The summed E-state index contributed by atoms with van der Waals surface area (Å²) in [6.07, 6.45) is 5.38. The summed E-state index contributed by atoms with van der Waals surface area (Å²) >= 11 is 0. The van der Waals surface area contributed by atoms with E-state index in [2.05, 4.69) is 14.9 Å². The van der Waals surface area contributed by atoms with Gasteiger partial charge in [-0.25, -0.2) is 17.7 Å². The van der Waals surface area contributed by atoms with Crippen LogP contribution in [-0.4, -0.2) is 68.7 Å². The summed E-state index contributed by atoms with van der Waals surface area (Å²) < 4.78 is 26.1. The van der Waals surface area contributed by atoms with E-state index >= 15 is 0 Å². The predicted octanol–water partition coefficient (Wildman–Crippen LogP) is 1.18. The van der Waals surface area contributed by atoms with Crippen LogP contribution in [0.15, 0.2) is 12.3 Å². The van der Waals surface area contributed by atoms with Crippen LogP contribution in [-0.2, 0) is 10.0 Å². The molecule has 0 atom stereocenters. The van der Waals surface area contributed by atoms with Gasteiger partial charge in [-0.15, -0.1) is 0 Å². The number of sulfonamides is 1. The van der Waals surface area contributed by atoms with E-state index in [4.69, 9.17) is 0 Å². The molecule has 1 aliphatic carbocycles. The zero-order valence-electron chi connectivity index (χ0n) is 14.7. The highest BCUT2D eigenvalue weighted by atomic mass is 32.2. The zero-order valence-corrected chi connectivity index (χ0v) is 15.5. The van der Waals surface area contributed by atoms with E-state index in [0.29, 0.717) is 12.5 Å². The second-order valence-electron chi connectivity index (χ2n) is 7.06. The van der Waals surface area contributed by atoms with Crippen LogP contribution in [0, 0.1) is 5.92 Å². The third-order valence-corrected chi connectivity index (χ3v) is 7.21. The number of anilines is 2. The van der Waals surface area contributed by atoms with E-state index in [1.807, 2.05) is 25.1 Å². The Hall–Kier alpha value is -1.41. The van der Waals surface area contributed by atoms with Gasteiger partial charge in [-0.1, -0.05) is 0 Å². The molecule has 2 aliphatic rings. The molecule has 0 aromatic carbocycles. The summed E-state index contributed by atoms with van der Waals surface area (Å²) in [5.74, 6) is 2.08. The first kappa shape index (κ1) is 17.4. The van der Waals surface area contributed by atoms with E-state index < -0.39 is 10.0 Å². The van der Waals surface area contributed by atoms with E-state index in [-0.39, 0.29) is 5.25 Å². The molecule has 1 aromatic heterocycles. The standard InChI is InChI=1S/C16H27N5O2S/c1-19(2)15-6-9-17-16(18-15)21-10-7-13(8-11-21)12-20(3)24(22,23)14-4-5-14/h6,9,13-14H,4-5,7-8,10-12H2,1-3H3. The Kier molecular flexibility index (Phi) is 4.96. The number of hydrogen-bond acceptors (Lipinski definition) is 6. The van der Waals surface area contributed by atoms with Gasteiger partial charge >= 0.3 is 0 Å². The molecule has 0 bridgehead atoms. The maximum absolute atomic E-state index is 12.2. The van der Waals surface area contributed by atoms with Crippen LogP contribution in [0.25, 0.3) is 0 Å². The molecule has 134 valence electrons. The van der Waals surface area contributed by atoms with Gasteiger partial charge < -0.3 is 9.80 Å². The SMILES string of the molecule is CN(C)c1ccnc(N2CCC(CN(C)S(=O)(=O)C3CC3)CC2)n1. The fourth-order valence-corrected chi connectivity index (χ4v) is 4.80. The van der Waals surface area contributed by atoms with Crippen molar-refractivity contribution in [1.29, 1.82) is 0 Å². The van der Waals surface area contributed by atoms with Crippen molar-refractivity contribution in [2.24, 2.45) is 5.92 Å². The minimum atomic E-state index is -3.06. The van der Waals surface area contributed by atoms with Gasteiger partial charge in [-0.05, 0) is 37.7 Å². The lowest BCUT2D eigenvalue weighted by atomic mass is 9.97. The number of nitrogens with zero attached hydrogens (tertiary/aromatic N) is 5. The topological polar surface area (TPSA) is 69.6 Å². The highest BCUT2D eigenvalue weighted by molar-refractivity contribution is 7.90.